The number of nitrogens with zero attached hydrogens (tertiary/aromatic N) is 1. The highest BCUT2D eigenvalue weighted by Crippen LogP contribution is 2.38. The molecule has 0 aliphatic carbocycles. The third-order valence-electron chi connectivity index (χ3n) is 5.49. The molecule has 1 aromatic carbocycles. The van der Waals surface area contributed by atoms with Crippen molar-refractivity contribution < 1.29 is 18.7 Å². The monoisotopic (exact) mass is 364 g/mol. The summed E-state index contributed by atoms with van der Waals surface area (Å²) in [6.07, 6.45) is 4.86. The van der Waals surface area contributed by atoms with Crippen LogP contribution in [0.3, 0.4) is 0 Å². The molecular formula is C20H29FN2O3. The summed E-state index contributed by atoms with van der Waals surface area (Å²) in [6.45, 7) is 5.52. The van der Waals surface area contributed by atoms with Crippen LogP contribution in [-0.4, -0.2) is 49.4 Å². The second-order valence-corrected chi connectivity index (χ2v) is 7.30. The normalized spacial score (nSPS) is 22.2. The number of carbonyl (C=O) groups excluding carboxylic acids is 1. The maximum absolute atomic E-state index is 12.9. The van der Waals surface area contributed by atoms with Gasteiger partial charge in [0, 0.05) is 26.2 Å². The van der Waals surface area contributed by atoms with Gasteiger partial charge in [-0.05, 0) is 69.2 Å². The zero-order chi connectivity index (χ0) is 18.4. The van der Waals surface area contributed by atoms with E-state index in [-0.39, 0.29) is 17.4 Å². The van der Waals surface area contributed by atoms with Gasteiger partial charge in [-0.15, -0.1) is 0 Å². The molecule has 0 bridgehead atoms. The Labute approximate surface area is 154 Å². The molecule has 0 saturated carbocycles. The lowest BCUT2D eigenvalue weighted by molar-refractivity contribution is -0.124. The lowest BCUT2D eigenvalue weighted by Gasteiger charge is -2.46. The van der Waals surface area contributed by atoms with Gasteiger partial charge in [0.2, 0.25) is 0 Å². The molecule has 1 N–H and O–H groups in total. The van der Waals surface area contributed by atoms with Crippen LogP contribution in [-0.2, 0) is 4.74 Å². The summed E-state index contributed by atoms with van der Waals surface area (Å²) in [5, 5.41) is 2.87. The third kappa shape index (κ3) is 4.87. The first-order valence-corrected chi connectivity index (χ1v) is 9.65. The standard InChI is InChI=1S/C20H29FN2O3/c1-2-22-19(24)23-11-9-20(10-12-23)15-16(8-14-26-20)7-13-25-18-5-3-17(21)4-6-18/h3-6,16H,2,7-15H2,1H3,(H,22,24). The van der Waals surface area contributed by atoms with Crippen molar-refractivity contribution in [2.75, 3.05) is 32.8 Å². The Kier molecular flexibility index (Phi) is 6.35. The number of hydrogen-bond acceptors (Lipinski definition) is 3. The molecule has 2 fully saturated rings. The second-order valence-electron chi connectivity index (χ2n) is 7.30. The smallest absolute Gasteiger partial charge is 0.317 e. The van der Waals surface area contributed by atoms with Crippen molar-refractivity contribution in [2.45, 2.75) is 44.6 Å². The van der Waals surface area contributed by atoms with Gasteiger partial charge in [0.25, 0.3) is 0 Å². The van der Waals surface area contributed by atoms with Gasteiger partial charge in [-0.1, -0.05) is 0 Å². The Balaban J connectivity index is 1.44. The van der Waals surface area contributed by atoms with E-state index in [1.54, 1.807) is 12.1 Å². The second kappa shape index (κ2) is 8.71. The van der Waals surface area contributed by atoms with Crippen LogP contribution in [0, 0.1) is 11.7 Å². The molecule has 144 valence electrons. The number of rotatable bonds is 5. The van der Waals surface area contributed by atoms with Crippen molar-refractivity contribution in [1.29, 1.82) is 0 Å². The van der Waals surface area contributed by atoms with E-state index in [9.17, 15) is 9.18 Å². The molecule has 26 heavy (non-hydrogen) atoms. The highest BCUT2D eigenvalue weighted by atomic mass is 19.1. The zero-order valence-corrected chi connectivity index (χ0v) is 15.5. The quantitative estimate of drug-likeness (QED) is 0.869. The molecule has 2 aliphatic heterocycles. The minimum atomic E-state index is -0.248. The molecule has 1 spiro atoms. The van der Waals surface area contributed by atoms with Crippen LogP contribution in [0.4, 0.5) is 9.18 Å². The Morgan fingerprint density at radius 1 is 1.35 bits per heavy atom. The van der Waals surface area contributed by atoms with E-state index in [0.717, 1.165) is 51.8 Å². The number of benzene rings is 1. The van der Waals surface area contributed by atoms with Crippen LogP contribution in [0.25, 0.3) is 0 Å². The van der Waals surface area contributed by atoms with E-state index in [0.29, 0.717) is 24.8 Å². The van der Waals surface area contributed by atoms with Gasteiger partial charge < -0.3 is 19.7 Å². The molecule has 0 radical (unpaired) electrons. The number of ether oxygens (including phenoxy) is 2. The van der Waals surface area contributed by atoms with Crippen molar-refractivity contribution in [2.24, 2.45) is 5.92 Å². The van der Waals surface area contributed by atoms with E-state index in [1.165, 1.54) is 12.1 Å². The molecule has 1 atom stereocenters. The number of carbonyl (C=O) groups is 1. The van der Waals surface area contributed by atoms with Gasteiger partial charge in [0.05, 0.1) is 12.2 Å². The van der Waals surface area contributed by atoms with Crippen LogP contribution in [0.2, 0.25) is 0 Å². The van der Waals surface area contributed by atoms with Gasteiger partial charge in [-0.2, -0.15) is 0 Å². The Bertz CT molecular complexity index is 585. The molecule has 2 heterocycles. The zero-order valence-electron chi connectivity index (χ0n) is 15.5. The fraction of sp³-hybridized carbons (Fsp3) is 0.650. The molecule has 3 rings (SSSR count). The van der Waals surface area contributed by atoms with Gasteiger partial charge in [0.15, 0.2) is 0 Å². The predicted molar refractivity (Wildman–Crippen MR) is 97.8 cm³/mol. The molecule has 5 nitrogen and oxygen atoms in total. The number of halogens is 1. The molecule has 1 aromatic rings. The van der Waals surface area contributed by atoms with Crippen molar-refractivity contribution in [3.63, 3.8) is 0 Å². The van der Waals surface area contributed by atoms with Crippen LogP contribution < -0.4 is 10.1 Å². The molecule has 2 saturated heterocycles. The maximum atomic E-state index is 12.9. The maximum Gasteiger partial charge on any atom is 0.317 e. The van der Waals surface area contributed by atoms with E-state index in [4.69, 9.17) is 9.47 Å². The molecule has 2 aliphatic rings. The molecule has 0 aromatic heterocycles. The number of urea groups is 1. The van der Waals surface area contributed by atoms with Gasteiger partial charge >= 0.3 is 6.03 Å². The fourth-order valence-corrected chi connectivity index (χ4v) is 3.98. The number of likely N-dealkylation sites (tertiary alicyclic amines) is 1. The van der Waals surface area contributed by atoms with Gasteiger partial charge in [-0.25, -0.2) is 9.18 Å². The number of amides is 2. The first-order chi connectivity index (χ1) is 12.6. The summed E-state index contributed by atoms with van der Waals surface area (Å²) in [5.74, 6) is 1.03. The predicted octanol–water partition coefficient (Wildman–Crippen LogP) is 3.59. The molecule has 2 amide bonds. The topological polar surface area (TPSA) is 50.8 Å². The summed E-state index contributed by atoms with van der Waals surface area (Å²) < 4.78 is 24.8. The summed E-state index contributed by atoms with van der Waals surface area (Å²) in [4.78, 5) is 13.9. The lowest BCUT2D eigenvalue weighted by atomic mass is 9.78. The average molecular weight is 364 g/mol. The van der Waals surface area contributed by atoms with Crippen LogP contribution in [0.15, 0.2) is 24.3 Å². The van der Waals surface area contributed by atoms with Gasteiger partial charge in [-0.3, -0.25) is 0 Å². The third-order valence-corrected chi connectivity index (χ3v) is 5.49. The van der Waals surface area contributed by atoms with Gasteiger partial charge in [0.1, 0.15) is 11.6 Å². The summed E-state index contributed by atoms with van der Waals surface area (Å²) in [6, 6.07) is 6.19. The van der Waals surface area contributed by atoms with Crippen molar-refractivity contribution in [1.82, 2.24) is 10.2 Å². The van der Waals surface area contributed by atoms with E-state index in [1.807, 2.05) is 11.8 Å². The highest BCUT2D eigenvalue weighted by Gasteiger charge is 2.40. The minimum absolute atomic E-state index is 0.0300. The Morgan fingerprint density at radius 2 is 2.08 bits per heavy atom. The largest absolute Gasteiger partial charge is 0.494 e. The van der Waals surface area contributed by atoms with Crippen molar-refractivity contribution in [3.8, 4) is 5.75 Å². The van der Waals surface area contributed by atoms with Crippen molar-refractivity contribution in [3.05, 3.63) is 30.1 Å². The summed E-state index contributed by atoms with van der Waals surface area (Å²) in [7, 11) is 0. The van der Waals surface area contributed by atoms with E-state index >= 15 is 0 Å². The average Bonchev–Trinajstić information content (AvgIpc) is 2.64. The number of nitrogens with one attached hydrogen (secondary N) is 1. The summed E-state index contributed by atoms with van der Waals surface area (Å²) >= 11 is 0. The van der Waals surface area contributed by atoms with E-state index in [2.05, 4.69) is 5.32 Å². The minimum Gasteiger partial charge on any atom is -0.494 e. The van der Waals surface area contributed by atoms with Crippen LogP contribution in [0.5, 0.6) is 5.75 Å². The van der Waals surface area contributed by atoms with Crippen LogP contribution in [0.1, 0.15) is 39.0 Å². The fourth-order valence-electron chi connectivity index (χ4n) is 3.98. The van der Waals surface area contributed by atoms with Crippen molar-refractivity contribution >= 4 is 6.03 Å². The Morgan fingerprint density at radius 3 is 2.77 bits per heavy atom. The SMILES string of the molecule is CCNC(=O)N1CCC2(CC1)CC(CCOc1ccc(F)cc1)CCO2. The molecule has 1 unspecified atom stereocenters. The Hall–Kier alpha value is -1.82. The van der Waals surface area contributed by atoms with E-state index < -0.39 is 0 Å². The lowest BCUT2D eigenvalue weighted by Crippen LogP contribution is -2.52. The highest BCUT2D eigenvalue weighted by molar-refractivity contribution is 5.74. The number of piperidine rings is 1. The first kappa shape index (κ1) is 19.0. The molecule has 6 heteroatoms. The first-order valence-electron chi connectivity index (χ1n) is 9.65. The molecular weight excluding hydrogens is 335 g/mol. The van der Waals surface area contributed by atoms with Crippen LogP contribution >= 0.6 is 0 Å². The summed E-state index contributed by atoms with van der Waals surface area (Å²) in [5.41, 5.74) is -0.0816. The number of hydrogen-bond donors (Lipinski definition) is 1.